The second-order valence-electron chi connectivity index (χ2n) is 5.24. The number of carbonyl (C=O) groups excluding carboxylic acids is 1. The number of hydrogen-bond acceptors (Lipinski definition) is 4. The number of halogens is 1. The molecule has 6 heteroatoms. The fourth-order valence-electron chi connectivity index (χ4n) is 2.31. The first-order valence-electron chi connectivity index (χ1n) is 7.64. The molecule has 1 aromatic carbocycles. The summed E-state index contributed by atoms with van der Waals surface area (Å²) in [6.07, 6.45) is 5.18. The zero-order valence-electron chi connectivity index (χ0n) is 13.1. The van der Waals surface area contributed by atoms with E-state index < -0.39 is 0 Å². The van der Waals surface area contributed by atoms with Crippen LogP contribution in [-0.2, 0) is 6.42 Å². The second-order valence-corrected chi connectivity index (χ2v) is 7.24. The molecule has 2 heterocycles. The summed E-state index contributed by atoms with van der Waals surface area (Å²) < 4.78 is 1.03. The minimum atomic E-state index is -0.170. The maximum atomic E-state index is 12.3. The summed E-state index contributed by atoms with van der Waals surface area (Å²) >= 11 is 4.99. The third-order valence-corrected chi connectivity index (χ3v) is 5.01. The van der Waals surface area contributed by atoms with E-state index in [2.05, 4.69) is 38.1 Å². The molecular weight excluding hydrogens is 386 g/mol. The molecular formula is C18H16BrN3OS. The largest absolute Gasteiger partial charge is 0.298 e. The van der Waals surface area contributed by atoms with Gasteiger partial charge in [0.25, 0.3) is 5.91 Å². The van der Waals surface area contributed by atoms with Crippen LogP contribution in [0.4, 0.5) is 5.13 Å². The van der Waals surface area contributed by atoms with Crippen molar-refractivity contribution in [2.45, 2.75) is 19.8 Å². The molecule has 3 rings (SSSR count). The molecule has 3 aromatic rings. The van der Waals surface area contributed by atoms with E-state index in [1.165, 1.54) is 16.2 Å². The molecule has 0 atom stereocenters. The van der Waals surface area contributed by atoms with Crippen molar-refractivity contribution in [2.24, 2.45) is 0 Å². The number of anilines is 1. The zero-order valence-corrected chi connectivity index (χ0v) is 15.5. The van der Waals surface area contributed by atoms with Crippen molar-refractivity contribution in [2.75, 3.05) is 5.32 Å². The van der Waals surface area contributed by atoms with Gasteiger partial charge in [0.05, 0.1) is 5.69 Å². The Morgan fingerprint density at radius 2 is 1.88 bits per heavy atom. The van der Waals surface area contributed by atoms with Crippen LogP contribution in [0.25, 0.3) is 11.3 Å². The van der Waals surface area contributed by atoms with Gasteiger partial charge in [-0.3, -0.25) is 15.1 Å². The number of hydrogen-bond donors (Lipinski definition) is 1. The number of aryl methyl sites for hydroxylation is 1. The number of nitrogens with one attached hydrogen (secondary N) is 1. The van der Waals surface area contributed by atoms with Gasteiger partial charge in [-0.2, -0.15) is 0 Å². The summed E-state index contributed by atoms with van der Waals surface area (Å²) in [5.74, 6) is -0.170. The van der Waals surface area contributed by atoms with Crippen LogP contribution in [0.3, 0.4) is 0 Å². The second kappa shape index (κ2) is 7.68. The Morgan fingerprint density at radius 1 is 1.17 bits per heavy atom. The summed E-state index contributed by atoms with van der Waals surface area (Å²) in [5, 5.41) is 3.51. The number of thiazole rings is 1. The lowest BCUT2D eigenvalue weighted by molar-refractivity contribution is 0.102. The molecule has 0 aliphatic carbocycles. The van der Waals surface area contributed by atoms with Gasteiger partial charge in [0.15, 0.2) is 5.13 Å². The fraction of sp³-hybridized carbons (Fsp3) is 0.167. The van der Waals surface area contributed by atoms with Crippen molar-refractivity contribution in [3.05, 3.63) is 63.7 Å². The van der Waals surface area contributed by atoms with Crippen LogP contribution in [0.15, 0.2) is 53.3 Å². The molecule has 0 saturated carbocycles. The van der Waals surface area contributed by atoms with E-state index in [4.69, 9.17) is 0 Å². The normalized spacial score (nSPS) is 10.6. The van der Waals surface area contributed by atoms with E-state index in [0.29, 0.717) is 10.7 Å². The van der Waals surface area contributed by atoms with Crippen LogP contribution in [0, 0.1) is 0 Å². The van der Waals surface area contributed by atoms with Crippen molar-refractivity contribution in [3.8, 4) is 11.3 Å². The minimum Gasteiger partial charge on any atom is -0.298 e. The zero-order chi connectivity index (χ0) is 16.9. The Kier molecular flexibility index (Phi) is 5.37. The lowest BCUT2D eigenvalue weighted by Gasteiger charge is -2.01. The Hall–Kier alpha value is -2.05. The molecule has 0 bridgehead atoms. The smallest absolute Gasteiger partial charge is 0.257 e. The highest BCUT2D eigenvalue weighted by molar-refractivity contribution is 9.10. The number of benzene rings is 1. The number of rotatable bonds is 5. The van der Waals surface area contributed by atoms with Crippen LogP contribution in [0.1, 0.15) is 28.6 Å². The van der Waals surface area contributed by atoms with E-state index in [0.717, 1.165) is 28.6 Å². The molecule has 2 aromatic heterocycles. The predicted molar refractivity (Wildman–Crippen MR) is 101 cm³/mol. The summed E-state index contributed by atoms with van der Waals surface area (Å²) in [7, 11) is 0. The van der Waals surface area contributed by atoms with E-state index >= 15 is 0 Å². The molecule has 24 heavy (non-hydrogen) atoms. The van der Waals surface area contributed by atoms with Crippen LogP contribution < -0.4 is 5.32 Å². The van der Waals surface area contributed by atoms with Crippen molar-refractivity contribution in [1.29, 1.82) is 0 Å². The standard InChI is InChI=1S/C18H16BrN3OS/c1-2-3-15-16(12-4-6-14(19)7-5-12)21-18(24-15)22-17(23)13-8-10-20-11-9-13/h4-11H,2-3H2,1H3,(H,21,22,23). The summed E-state index contributed by atoms with van der Waals surface area (Å²) in [6, 6.07) is 11.4. The van der Waals surface area contributed by atoms with Crippen LogP contribution in [0.2, 0.25) is 0 Å². The van der Waals surface area contributed by atoms with Gasteiger partial charge in [-0.25, -0.2) is 4.98 Å². The lowest BCUT2D eigenvalue weighted by Crippen LogP contribution is -2.11. The van der Waals surface area contributed by atoms with E-state index in [1.54, 1.807) is 24.5 Å². The van der Waals surface area contributed by atoms with Crippen molar-refractivity contribution >= 4 is 38.3 Å². The highest BCUT2D eigenvalue weighted by atomic mass is 79.9. The Bertz CT molecular complexity index is 831. The average Bonchev–Trinajstić information content (AvgIpc) is 2.99. The first-order valence-corrected chi connectivity index (χ1v) is 9.25. The Labute approximate surface area is 153 Å². The topological polar surface area (TPSA) is 54.9 Å². The quantitative estimate of drug-likeness (QED) is 0.641. The number of amides is 1. The SMILES string of the molecule is CCCc1sc(NC(=O)c2ccncc2)nc1-c1ccc(Br)cc1. The van der Waals surface area contributed by atoms with Crippen LogP contribution in [-0.4, -0.2) is 15.9 Å². The van der Waals surface area contributed by atoms with E-state index in [-0.39, 0.29) is 5.91 Å². The number of aromatic nitrogens is 2. The first-order chi connectivity index (χ1) is 11.7. The Balaban J connectivity index is 1.88. The van der Waals surface area contributed by atoms with Gasteiger partial charge in [0.1, 0.15) is 0 Å². The van der Waals surface area contributed by atoms with Gasteiger partial charge >= 0.3 is 0 Å². The van der Waals surface area contributed by atoms with Gasteiger partial charge in [-0.05, 0) is 30.7 Å². The molecule has 122 valence electrons. The summed E-state index contributed by atoms with van der Waals surface area (Å²) in [5.41, 5.74) is 2.57. The van der Waals surface area contributed by atoms with Crippen LogP contribution in [0.5, 0.6) is 0 Å². The van der Waals surface area contributed by atoms with Crippen molar-refractivity contribution < 1.29 is 4.79 Å². The maximum absolute atomic E-state index is 12.3. The number of carbonyl (C=O) groups is 1. The molecule has 0 radical (unpaired) electrons. The monoisotopic (exact) mass is 401 g/mol. The molecule has 4 nitrogen and oxygen atoms in total. The third-order valence-electron chi connectivity index (χ3n) is 3.46. The van der Waals surface area contributed by atoms with Gasteiger partial charge in [-0.1, -0.05) is 41.4 Å². The van der Waals surface area contributed by atoms with Crippen LogP contribution >= 0.6 is 27.3 Å². The molecule has 0 aliphatic heterocycles. The Morgan fingerprint density at radius 3 is 2.54 bits per heavy atom. The molecule has 0 aliphatic rings. The number of pyridine rings is 1. The highest BCUT2D eigenvalue weighted by Crippen LogP contribution is 2.33. The minimum absolute atomic E-state index is 0.170. The van der Waals surface area contributed by atoms with Gasteiger partial charge in [0, 0.05) is 32.9 Å². The first kappa shape index (κ1) is 16.8. The third kappa shape index (κ3) is 3.88. The fourth-order valence-corrected chi connectivity index (χ4v) is 3.65. The molecule has 0 spiro atoms. The predicted octanol–water partition coefficient (Wildman–Crippen LogP) is 5.17. The van der Waals surface area contributed by atoms with Crippen molar-refractivity contribution in [3.63, 3.8) is 0 Å². The van der Waals surface area contributed by atoms with E-state index in [9.17, 15) is 4.79 Å². The summed E-state index contributed by atoms with van der Waals surface area (Å²) in [4.78, 5) is 22.1. The molecule has 1 amide bonds. The van der Waals surface area contributed by atoms with Gasteiger partial charge in [0.2, 0.25) is 0 Å². The molecule has 0 saturated heterocycles. The number of nitrogens with zero attached hydrogens (tertiary/aromatic N) is 2. The molecule has 1 N–H and O–H groups in total. The van der Waals surface area contributed by atoms with Crippen molar-refractivity contribution in [1.82, 2.24) is 9.97 Å². The van der Waals surface area contributed by atoms with Gasteiger partial charge in [-0.15, -0.1) is 11.3 Å². The maximum Gasteiger partial charge on any atom is 0.257 e. The molecule has 0 unspecified atom stereocenters. The van der Waals surface area contributed by atoms with Gasteiger partial charge < -0.3 is 0 Å². The molecule has 0 fully saturated rings. The lowest BCUT2D eigenvalue weighted by atomic mass is 10.1. The highest BCUT2D eigenvalue weighted by Gasteiger charge is 2.15. The average molecular weight is 402 g/mol. The van der Waals surface area contributed by atoms with E-state index in [1.807, 2.05) is 24.3 Å². The summed E-state index contributed by atoms with van der Waals surface area (Å²) in [6.45, 7) is 2.14.